The minimum absolute atomic E-state index is 0.338. The maximum Gasteiger partial charge on any atom is 0.433 e. The maximum atomic E-state index is 13.4. The van der Waals surface area contributed by atoms with Crippen molar-refractivity contribution in [3.63, 3.8) is 0 Å². The Labute approximate surface area is 177 Å². The number of alkyl halides is 3. The lowest BCUT2D eigenvalue weighted by Crippen LogP contribution is -2.47. The van der Waals surface area contributed by atoms with Gasteiger partial charge in [-0.05, 0) is 28.1 Å². The van der Waals surface area contributed by atoms with Crippen molar-refractivity contribution >= 4 is 49.4 Å². The summed E-state index contributed by atoms with van der Waals surface area (Å²) in [7, 11) is 0. The van der Waals surface area contributed by atoms with Crippen molar-refractivity contribution in [2.75, 3.05) is 36.0 Å². The van der Waals surface area contributed by atoms with Crippen LogP contribution in [0.25, 0.3) is 21.9 Å². The minimum atomic E-state index is -4.50. The van der Waals surface area contributed by atoms with Crippen molar-refractivity contribution in [2.24, 2.45) is 0 Å². The van der Waals surface area contributed by atoms with Crippen LogP contribution in [0.5, 0.6) is 0 Å². The maximum absolute atomic E-state index is 13.4. The van der Waals surface area contributed by atoms with Crippen LogP contribution in [-0.2, 0) is 6.18 Å². The van der Waals surface area contributed by atoms with Gasteiger partial charge in [0.05, 0.1) is 10.9 Å². The fraction of sp³-hybridized carbons (Fsp3) is 0.263. The number of aromatic amines is 1. The van der Waals surface area contributed by atoms with Gasteiger partial charge in [-0.1, -0.05) is 18.2 Å². The Balaban J connectivity index is 1.47. The van der Waals surface area contributed by atoms with Gasteiger partial charge < -0.3 is 9.80 Å². The fourth-order valence-corrected chi connectivity index (χ4v) is 4.23. The second-order valence-corrected chi connectivity index (χ2v) is 7.70. The molecular weight excluding hydrogens is 463 g/mol. The van der Waals surface area contributed by atoms with Crippen molar-refractivity contribution in [2.45, 2.75) is 6.18 Å². The van der Waals surface area contributed by atoms with E-state index in [1.54, 1.807) is 18.2 Å². The second-order valence-electron chi connectivity index (χ2n) is 6.95. The van der Waals surface area contributed by atoms with Crippen molar-refractivity contribution < 1.29 is 13.2 Å². The molecule has 1 aromatic carbocycles. The molecule has 0 aliphatic carbocycles. The molecule has 0 amide bonds. The molecule has 1 fully saturated rings. The lowest BCUT2D eigenvalue weighted by molar-refractivity contribution is -0.140. The number of pyridine rings is 1. The molecule has 0 bridgehead atoms. The van der Waals surface area contributed by atoms with Gasteiger partial charge in [-0.2, -0.15) is 18.3 Å². The van der Waals surface area contributed by atoms with E-state index in [1.807, 2.05) is 11.0 Å². The number of para-hydroxylation sites is 1. The van der Waals surface area contributed by atoms with Gasteiger partial charge in [0.1, 0.15) is 22.4 Å². The van der Waals surface area contributed by atoms with Crippen LogP contribution in [0.4, 0.5) is 24.7 Å². The number of rotatable bonds is 2. The topological polar surface area (TPSA) is 73.8 Å². The number of nitrogens with zero attached hydrogens (tertiary/aromatic N) is 6. The second kappa shape index (κ2) is 7.08. The van der Waals surface area contributed by atoms with Crippen LogP contribution in [0.15, 0.2) is 41.3 Å². The summed E-state index contributed by atoms with van der Waals surface area (Å²) in [6.45, 7) is 2.29. The Morgan fingerprint density at radius 1 is 1.00 bits per heavy atom. The molecule has 0 atom stereocenters. The van der Waals surface area contributed by atoms with Crippen LogP contribution in [0.2, 0.25) is 0 Å². The summed E-state index contributed by atoms with van der Waals surface area (Å²) in [5, 5.41) is 8.46. The summed E-state index contributed by atoms with van der Waals surface area (Å²) in [5.74, 6) is 0.746. The Morgan fingerprint density at radius 3 is 2.50 bits per heavy atom. The Hall–Kier alpha value is -2.95. The van der Waals surface area contributed by atoms with E-state index in [0.717, 1.165) is 17.3 Å². The van der Waals surface area contributed by atoms with Gasteiger partial charge in [0.15, 0.2) is 5.65 Å². The van der Waals surface area contributed by atoms with Crippen molar-refractivity contribution in [3.05, 3.63) is 47.0 Å². The van der Waals surface area contributed by atoms with E-state index in [2.05, 4.69) is 46.0 Å². The van der Waals surface area contributed by atoms with E-state index in [9.17, 15) is 13.2 Å². The number of aromatic nitrogens is 5. The number of fused-ring (bicyclic) bond motifs is 2. The van der Waals surface area contributed by atoms with Gasteiger partial charge in [-0.3, -0.25) is 5.10 Å². The minimum Gasteiger partial charge on any atom is -0.367 e. The number of H-pyrrole nitrogens is 1. The van der Waals surface area contributed by atoms with E-state index < -0.39 is 11.9 Å². The van der Waals surface area contributed by atoms with Gasteiger partial charge in [0.25, 0.3) is 0 Å². The first-order chi connectivity index (χ1) is 14.4. The molecule has 4 aromatic rings. The van der Waals surface area contributed by atoms with E-state index in [4.69, 9.17) is 0 Å². The molecule has 0 saturated carbocycles. The number of piperazine rings is 1. The van der Waals surface area contributed by atoms with Crippen molar-refractivity contribution in [1.29, 1.82) is 0 Å². The summed E-state index contributed by atoms with van der Waals surface area (Å²) < 4.78 is 40.8. The number of nitrogens with one attached hydrogen (secondary N) is 1. The van der Waals surface area contributed by atoms with Gasteiger partial charge in [0.2, 0.25) is 0 Å². The Bertz CT molecular complexity index is 1230. The normalized spacial score (nSPS) is 15.3. The SMILES string of the molecule is FC(F)(F)c1cc(N2CCN(c3ncnc4[nH]nc(Br)c34)CC2)c2ccccc2n1. The largest absolute Gasteiger partial charge is 0.433 e. The average Bonchev–Trinajstić information content (AvgIpc) is 3.13. The highest BCUT2D eigenvalue weighted by atomic mass is 79.9. The zero-order chi connectivity index (χ0) is 20.9. The zero-order valence-electron chi connectivity index (χ0n) is 15.5. The zero-order valence-corrected chi connectivity index (χ0v) is 17.1. The van der Waals surface area contributed by atoms with Gasteiger partial charge >= 0.3 is 6.18 Å². The summed E-state index contributed by atoms with van der Waals surface area (Å²) in [6.07, 6.45) is -3.03. The third-order valence-corrected chi connectivity index (χ3v) is 5.77. The van der Waals surface area contributed by atoms with E-state index in [-0.39, 0.29) is 0 Å². The molecule has 3 aromatic heterocycles. The lowest BCUT2D eigenvalue weighted by atomic mass is 10.1. The van der Waals surface area contributed by atoms with E-state index in [1.165, 1.54) is 6.33 Å². The van der Waals surface area contributed by atoms with Crippen molar-refractivity contribution in [3.8, 4) is 0 Å². The summed E-state index contributed by atoms with van der Waals surface area (Å²) in [6, 6.07) is 8.07. The molecule has 1 N–H and O–H groups in total. The van der Waals surface area contributed by atoms with Crippen LogP contribution in [0, 0.1) is 0 Å². The highest BCUT2D eigenvalue weighted by molar-refractivity contribution is 9.10. The lowest BCUT2D eigenvalue weighted by Gasteiger charge is -2.37. The van der Waals surface area contributed by atoms with Crippen LogP contribution >= 0.6 is 15.9 Å². The molecule has 154 valence electrons. The quantitative estimate of drug-likeness (QED) is 0.470. The average molecular weight is 478 g/mol. The highest BCUT2D eigenvalue weighted by Gasteiger charge is 2.34. The molecule has 1 saturated heterocycles. The standard InChI is InChI=1S/C19H15BrF3N7/c20-16-15-17(28-27-16)24-10-25-18(15)30-7-5-29(6-8-30)13-9-14(19(21,22)23)26-12-4-2-1-3-11(12)13/h1-4,9-10H,5-8H2,(H,24,25,27,28). The Morgan fingerprint density at radius 2 is 1.73 bits per heavy atom. The number of benzene rings is 1. The van der Waals surface area contributed by atoms with Gasteiger partial charge in [-0.15, -0.1) is 0 Å². The summed E-state index contributed by atoms with van der Waals surface area (Å²) >= 11 is 3.41. The third-order valence-electron chi connectivity index (χ3n) is 5.20. The van der Waals surface area contributed by atoms with Crippen LogP contribution in [-0.4, -0.2) is 51.3 Å². The first-order valence-electron chi connectivity index (χ1n) is 9.23. The molecule has 11 heteroatoms. The predicted octanol–water partition coefficient (Wildman–Crippen LogP) is 4.01. The molecule has 0 unspecified atom stereocenters. The van der Waals surface area contributed by atoms with Crippen LogP contribution in [0.3, 0.4) is 0 Å². The molecule has 30 heavy (non-hydrogen) atoms. The monoisotopic (exact) mass is 477 g/mol. The number of anilines is 2. The number of hydrogen-bond acceptors (Lipinski definition) is 6. The summed E-state index contributed by atoms with van der Waals surface area (Å²) in [5.41, 5.74) is 0.636. The number of halogens is 4. The Kier molecular flexibility index (Phi) is 4.49. The highest BCUT2D eigenvalue weighted by Crippen LogP contribution is 2.35. The smallest absolute Gasteiger partial charge is 0.367 e. The predicted molar refractivity (Wildman–Crippen MR) is 111 cm³/mol. The third kappa shape index (κ3) is 3.22. The van der Waals surface area contributed by atoms with E-state index >= 15 is 0 Å². The first-order valence-corrected chi connectivity index (χ1v) is 10.0. The van der Waals surface area contributed by atoms with Crippen LogP contribution in [0.1, 0.15) is 5.69 Å². The molecule has 1 aliphatic rings. The molecule has 1 aliphatic heterocycles. The van der Waals surface area contributed by atoms with Gasteiger partial charge in [0, 0.05) is 37.3 Å². The summed E-state index contributed by atoms with van der Waals surface area (Å²) in [4.78, 5) is 16.5. The first kappa shape index (κ1) is 19.0. The number of hydrogen-bond donors (Lipinski definition) is 1. The molecule has 7 nitrogen and oxygen atoms in total. The fourth-order valence-electron chi connectivity index (χ4n) is 3.77. The van der Waals surface area contributed by atoms with E-state index in [0.29, 0.717) is 53.0 Å². The van der Waals surface area contributed by atoms with Crippen molar-refractivity contribution in [1.82, 2.24) is 25.1 Å². The molecule has 0 radical (unpaired) electrons. The molecule has 5 rings (SSSR count). The molecule has 4 heterocycles. The molecular formula is C19H15BrF3N7. The van der Waals surface area contributed by atoms with Crippen LogP contribution < -0.4 is 9.80 Å². The van der Waals surface area contributed by atoms with Gasteiger partial charge in [-0.25, -0.2) is 15.0 Å². The molecule has 0 spiro atoms.